The summed E-state index contributed by atoms with van der Waals surface area (Å²) in [4.78, 5) is 13.0. The summed E-state index contributed by atoms with van der Waals surface area (Å²) in [5.74, 6) is -5.33. The summed E-state index contributed by atoms with van der Waals surface area (Å²) in [6.45, 7) is 3.95. The van der Waals surface area contributed by atoms with E-state index in [4.69, 9.17) is 4.74 Å². The van der Waals surface area contributed by atoms with E-state index in [0.29, 0.717) is 30.4 Å². The third-order valence-corrected chi connectivity index (χ3v) is 6.88. The number of rotatable bonds is 10. The van der Waals surface area contributed by atoms with Crippen molar-refractivity contribution in [3.05, 3.63) is 130 Å². The monoisotopic (exact) mass is 534 g/mol. The maximum Gasteiger partial charge on any atom is 0.344 e. The standard InChI is InChI=1S/C33H30F4O2/c1-3-21(2)16-23-17-26(34)31(27(35)18-23)25-19-28(36)32(29(37)20-25)33(38)39-30(24-12-8-5-9-13-24)15-14-22-10-6-4-7-11-22/h4-13,17-21,30H,3,14-16H2,1-2H3. The van der Waals surface area contributed by atoms with Crippen molar-refractivity contribution in [1.82, 2.24) is 0 Å². The van der Waals surface area contributed by atoms with Crippen LogP contribution in [0.5, 0.6) is 0 Å². The minimum Gasteiger partial charge on any atom is -0.454 e. The number of carbonyl (C=O) groups excluding carboxylic acids is 1. The quantitative estimate of drug-likeness (QED) is 0.150. The summed E-state index contributed by atoms with van der Waals surface area (Å²) in [5.41, 5.74) is 0.373. The van der Waals surface area contributed by atoms with Crippen molar-refractivity contribution in [2.45, 2.75) is 45.6 Å². The van der Waals surface area contributed by atoms with Crippen LogP contribution in [0.4, 0.5) is 17.6 Å². The summed E-state index contributed by atoms with van der Waals surface area (Å²) in [6.07, 6.45) is 1.52. The molecule has 39 heavy (non-hydrogen) atoms. The minimum absolute atomic E-state index is 0.224. The van der Waals surface area contributed by atoms with Crippen molar-refractivity contribution in [3.63, 3.8) is 0 Å². The Kier molecular flexibility index (Phi) is 9.18. The minimum atomic E-state index is -1.26. The van der Waals surface area contributed by atoms with Crippen LogP contribution in [-0.2, 0) is 17.6 Å². The van der Waals surface area contributed by atoms with Gasteiger partial charge in [-0.25, -0.2) is 22.4 Å². The number of carbonyl (C=O) groups is 1. The summed E-state index contributed by atoms with van der Waals surface area (Å²) < 4.78 is 65.6. The highest BCUT2D eigenvalue weighted by Crippen LogP contribution is 2.32. The summed E-state index contributed by atoms with van der Waals surface area (Å²) in [5, 5.41) is 0. The first kappa shape index (κ1) is 28.1. The van der Waals surface area contributed by atoms with Gasteiger partial charge in [0.05, 0.1) is 5.56 Å². The Morgan fingerprint density at radius 1 is 0.769 bits per heavy atom. The van der Waals surface area contributed by atoms with Gasteiger partial charge in [-0.1, -0.05) is 80.9 Å². The number of benzene rings is 4. The predicted octanol–water partition coefficient (Wildman–Crippen LogP) is 9.03. The number of halogens is 4. The van der Waals surface area contributed by atoms with Crippen LogP contribution >= 0.6 is 0 Å². The first-order valence-electron chi connectivity index (χ1n) is 13.0. The molecule has 0 aromatic heterocycles. The van der Waals surface area contributed by atoms with Gasteiger partial charge in [-0.15, -0.1) is 0 Å². The van der Waals surface area contributed by atoms with Crippen molar-refractivity contribution in [3.8, 4) is 11.1 Å². The number of esters is 1. The maximum absolute atomic E-state index is 15.1. The van der Waals surface area contributed by atoms with E-state index in [0.717, 1.165) is 24.1 Å². The number of aryl methyl sites for hydroxylation is 1. The van der Waals surface area contributed by atoms with E-state index in [2.05, 4.69) is 0 Å². The zero-order valence-electron chi connectivity index (χ0n) is 21.9. The van der Waals surface area contributed by atoms with Crippen LogP contribution in [0.1, 0.15) is 59.8 Å². The molecule has 4 aromatic rings. The largest absolute Gasteiger partial charge is 0.454 e. The molecule has 202 valence electrons. The van der Waals surface area contributed by atoms with Crippen molar-refractivity contribution in [2.24, 2.45) is 5.92 Å². The topological polar surface area (TPSA) is 26.3 Å². The fraction of sp³-hybridized carbons (Fsp3) is 0.242. The molecule has 0 aliphatic carbocycles. The van der Waals surface area contributed by atoms with Crippen LogP contribution in [0.3, 0.4) is 0 Å². The predicted molar refractivity (Wildman–Crippen MR) is 144 cm³/mol. The van der Waals surface area contributed by atoms with E-state index in [9.17, 15) is 13.6 Å². The zero-order chi connectivity index (χ0) is 27.9. The molecule has 0 saturated heterocycles. The molecule has 0 aliphatic rings. The molecule has 0 heterocycles. The number of hydrogen-bond acceptors (Lipinski definition) is 2. The highest BCUT2D eigenvalue weighted by molar-refractivity contribution is 5.91. The maximum atomic E-state index is 15.1. The second-order valence-corrected chi connectivity index (χ2v) is 9.80. The smallest absolute Gasteiger partial charge is 0.344 e. The lowest BCUT2D eigenvalue weighted by Gasteiger charge is -2.19. The molecule has 0 radical (unpaired) electrons. The average Bonchev–Trinajstić information content (AvgIpc) is 2.91. The van der Waals surface area contributed by atoms with Crippen LogP contribution in [0.2, 0.25) is 0 Å². The van der Waals surface area contributed by atoms with E-state index in [1.807, 2.05) is 50.2 Å². The molecule has 2 atom stereocenters. The third-order valence-electron chi connectivity index (χ3n) is 6.88. The van der Waals surface area contributed by atoms with Gasteiger partial charge in [0.25, 0.3) is 0 Å². The third kappa shape index (κ3) is 6.94. The molecule has 0 fully saturated rings. The van der Waals surface area contributed by atoms with Crippen LogP contribution < -0.4 is 0 Å². The molecule has 4 rings (SSSR count). The van der Waals surface area contributed by atoms with Gasteiger partial charge in [-0.3, -0.25) is 0 Å². The Balaban J connectivity index is 1.59. The molecule has 0 bridgehead atoms. The Labute approximate surface area is 226 Å². The molecular formula is C33H30F4O2. The lowest BCUT2D eigenvalue weighted by atomic mass is 9.95. The highest BCUT2D eigenvalue weighted by atomic mass is 19.1. The molecule has 4 aromatic carbocycles. The van der Waals surface area contributed by atoms with E-state index >= 15 is 8.78 Å². The van der Waals surface area contributed by atoms with Crippen LogP contribution in [-0.4, -0.2) is 5.97 Å². The molecular weight excluding hydrogens is 504 g/mol. The highest BCUT2D eigenvalue weighted by Gasteiger charge is 2.26. The van der Waals surface area contributed by atoms with Crippen LogP contribution in [0.25, 0.3) is 11.1 Å². The molecule has 0 aliphatic heterocycles. The fourth-order valence-electron chi connectivity index (χ4n) is 4.57. The van der Waals surface area contributed by atoms with Gasteiger partial charge in [0, 0.05) is 0 Å². The summed E-state index contributed by atoms with van der Waals surface area (Å²) >= 11 is 0. The van der Waals surface area contributed by atoms with Crippen LogP contribution in [0, 0.1) is 29.2 Å². The van der Waals surface area contributed by atoms with Crippen molar-refractivity contribution < 1.29 is 27.1 Å². The number of hydrogen-bond donors (Lipinski definition) is 0. The Morgan fingerprint density at radius 3 is 1.90 bits per heavy atom. The van der Waals surface area contributed by atoms with E-state index in [1.165, 1.54) is 12.1 Å². The SMILES string of the molecule is CCC(C)Cc1cc(F)c(-c2cc(F)c(C(=O)OC(CCc3ccccc3)c3ccccc3)c(F)c2)c(F)c1. The van der Waals surface area contributed by atoms with Gasteiger partial charge in [-0.05, 0) is 71.7 Å². The van der Waals surface area contributed by atoms with Crippen molar-refractivity contribution >= 4 is 5.97 Å². The first-order chi connectivity index (χ1) is 18.8. The molecule has 0 N–H and O–H groups in total. The number of ether oxygens (including phenoxy) is 1. The normalized spacial score (nSPS) is 12.7. The van der Waals surface area contributed by atoms with Gasteiger partial charge >= 0.3 is 5.97 Å². The van der Waals surface area contributed by atoms with Crippen molar-refractivity contribution in [2.75, 3.05) is 0 Å². The zero-order valence-corrected chi connectivity index (χ0v) is 21.9. The van der Waals surface area contributed by atoms with Gasteiger partial charge in [0.15, 0.2) is 0 Å². The summed E-state index contributed by atoms with van der Waals surface area (Å²) in [6, 6.07) is 22.4. The van der Waals surface area contributed by atoms with Crippen molar-refractivity contribution in [1.29, 1.82) is 0 Å². The molecule has 0 saturated carbocycles. The summed E-state index contributed by atoms with van der Waals surface area (Å²) in [7, 11) is 0. The molecule has 2 nitrogen and oxygen atoms in total. The first-order valence-corrected chi connectivity index (χ1v) is 13.0. The van der Waals surface area contributed by atoms with Gasteiger partial charge < -0.3 is 4.74 Å². The molecule has 0 spiro atoms. The van der Waals surface area contributed by atoms with Crippen LogP contribution in [0.15, 0.2) is 84.9 Å². The molecule has 2 unspecified atom stereocenters. The average molecular weight is 535 g/mol. The lowest BCUT2D eigenvalue weighted by molar-refractivity contribution is 0.0266. The second-order valence-electron chi connectivity index (χ2n) is 9.80. The van der Waals surface area contributed by atoms with E-state index < -0.39 is 46.5 Å². The second kappa shape index (κ2) is 12.7. The van der Waals surface area contributed by atoms with E-state index in [1.54, 1.807) is 24.3 Å². The van der Waals surface area contributed by atoms with Gasteiger partial charge in [0.2, 0.25) is 0 Å². The molecule has 6 heteroatoms. The lowest BCUT2D eigenvalue weighted by Crippen LogP contribution is -2.16. The molecule has 0 amide bonds. The Hall–Kier alpha value is -3.93. The fourth-order valence-corrected chi connectivity index (χ4v) is 4.57. The Bertz CT molecular complexity index is 1370. The Morgan fingerprint density at radius 2 is 1.33 bits per heavy atom. The van der Waals surface area contributed by atoms with Gasteiger partial charge in [0.1, 0.15) is 34.9 Å². The van der Waals surface area contributed by atoms with Gasteiger partial charge in [-0.2, -0.15) is 0 Å². The van der Waals surface area contributed by atoms with E-state index in [-0.39, 0.29) is 11.5 Å².